The lowest BCUT2D eigenvalue weighted by molar-refractivity contribution is -0.122. The smallest absolute Gasteiger partial charge is 0.254 e. The number of phenolic OH excluding ortho intramolecular Hbond substituents is 2. The Kier molecular flexibility index (Phi) is 7.08. The van der Waals surface area contributed by atoms with Crippen LogP contribution in [0.25, 0.3) is 0 Å². The van der Waals surface area contributed by atoms with E-state index in [0.29, 0.717) is 18.7 Å². The van der Waals surface area contributed by atoms with Gasteiger partial charge < -0.3 is 10.2 Å². The number of hydrogen-bond acceptors (Lipinski definition) is 7. The third kappa shape index (κ3) is 5.57. The summed E-state index contributed by atoms with van der Waals surface area (Å²) in [6.45, 7) is 1.50. The summed E-state index contributed by atoms with van der Waals surface area (Å²) in [4.78, 5) is 14.2. The average Bonchev–Trinajstić information content (AvgIpc) is 2.70. The van der Waals surface area contributed by atoms with Crippen molar-refractivity contribution in [2.24, 2.45) is 5.10 Å². The molecule has 0 aromatic heterocycles. The zero-order chi connectivity index (χ0) is 21.7. The molecule has 0 radical (unpaired) electrons. The Morgan fingerprint density at radius 1 is 1.10 bits per heavy atom. The largest absolute Gasteiger partial charge is 0.508 e. The van der Waals surface area contributed by atoms with Crippen molar-refractivity contribution in [3.05, 3.63) is 52.5 Å². The normalized spacial score (nSPS) is 16.0. The van der Waals surface area contributed by atoms with Gasteiger partial charge in [0.25, 0.3) is 5.91 Å². The summed E-state index contributed by atoms with van der Waals surface area (Å²) in [6.07, 6.45) is 1.27. The molecule has 9 nitrogen and oxygen atoms in total. The topological polar surface area (TPSA) is 123 Å². The molecule has 3 rings (SSSR count). The Labute approximate surface area is 182 Å². The van der Waals surface area contributed by atoms with Crippen molar-refractivity contribution in [1.82, 2.24) is 14.6 Å². The van der Waals surface area contributed by atoms with Gasteiger partial charge >= 0.3 is 0 Å². The van der Waals surface area contributed by atoms with Crippen molar-refractivity contribution in [1.29, 1.82) is 0 Å². The second kappa shape index (κ2) is 9.56. The van der Waals surface area contributed by atoms with Crippen molar-refractivity contribution >= 4 is 38.1 Å². The number of carbonyl (C=O) groups excluding carboxylic acids is 1. The number of halogens is 1. The molecule has 0 aliphatic carbocycles. The summed E-state index contributed by atoms with van der Waals surface area (Å²) in [5.41, 5.74) is 2.72. The Morgan fingerprint density at radius 3 is 2.40 bits per heavy atom. The maximum absolute atomic E-state index is 12.7. The fourth-order valence-corrected chi connectivity index (χ4v) is 4.62. The molecular weight excluding hydrogens is 476 g/mol. The lowest BCUT2D eigenvalue weighted by Crippen LogP contribution is -2.50. The van der Waals surface area contributed by atoms with Crippen LogP contribution in [0.5, 0.6) is 11.5 Å². The molecule has 30 heavy (non-hydrogen) atoms. The molecule has 11 heteroatoms. The van der Waals surface area contributed by atoms with Gasteiger partial charge in [0.2, 0.25) is 10.0 Å². The molecule has 0 bridgehead atoms. The van der Waals surface area contributed by atoms with Crippen LogP contribution in [0.15, 0.2) is 56.9 Å². The maximum atomic E-state index is 12.7. The van der Waals surface area contributed by atoms with Crippen LogP contribution in [0, 0.1) is 0 Å². The number of nitrogens with zero attached hydrogens (tertiary/aromatic N) is 3. The van der Waals surface area contributed by atoms with Crippen molar-refractivity contribution in [2.75, 3.05) is 32.7 Å². The summed E-state index contributed by atoms with van der Waals surface area (Å²) in [5, 5.41) is 22.7. The third-order valence-corrected chi connectivity index (χ3v) is 7.00. The predicted octanol–water partition coefficient (Wildman–Crippen LogP) is 1.32. The first-order chi connectivity index (χ1) is 14.3. The molecule has 1 aliphatic heterocycles. The fourth-order valence-electron chi connectivity index (χ4n) is 2.94. The zero-order valence-electron chi connectivity index (χ0n) is 15.9. The Balaban J connectivity index is 1.48. The van der Waals surface area contributed by atoms with E-state index in [-0.39, 0.29) is 41.9 Å². The van der Waals surface area contributed by atoms with E-state index in [1.807, 2.05) is 4.90 Å². The number of aromatic hydroxyl groups is 2. The summed E-state index contributed by atoms with van der Waals surface area (Å²) >= 11 is 3.29. The summed E-state index contributed by atoms with van der Waals surface area (Å²) in [7, 11) is -3.56. The molecule has 0 saturated carbocycles. The highest BCUT2D eigenvalue weighted by molar-refractivity contribution is 9.10. The van der Waals surface area contributed by atoms with Gasteiger partial charge in [-0.05, 0) is 36.4 Å². The number of nitrogens with one attached hydrogen (secondary N) is 1. The number of rotatable bonds is 6. The number of hydrazone groups is 1. The van der Waals surface area contributed by atoms with Crippen LogP contribution in [-0.2, 0) is 14.8 Å². The number of piperazine rings is 1. The highest BCUT2D eigenvalue weighted by Gasteiger charge is 2.28. The van der Waals surface area contributed by atoms with Crippen molar-refractivity contribution in [2.45, 2.75) is 4.90 Å². The van der Waals surface area contributed by atoms with E-state index < -0.39 is 10.0 Å². The molecule has 1 amide bonds. The standard InChI is InChI=1S/C19H21BrN4O5S/c20-15-2-5-17(6-3-15)30(28,29)24-9-7-23(8-10-24)13-19(27)22-21-12-14-1-4-16(25)11-18(14)26/h1-6,11-12,25-26H,7-10,13H2,(H,22,27)/b21-12+. The lowest BCUT2D eigenvalue weighted by Gasteiger charge is -2.33. The second-order valence-electron chi connectivity index (χ2n) is 6.67. The molecule has 3 N–H and O–H groups in total. The maximum Gasteiger partial charge on any atom is 0.254 e. The SMILES string of the molecule is O=C(CN1CCN(S(=O)(=O)c2ccc(Br)cc2)CC1)N/N=C/c1ccc(O)cc1O. The van der Waals surface area contributed by atoms with E-state index in [9.17, 15) is 23.4 Å². The van der Waals surface area contributed by atoms with Crippen molar-refractivity contribution < 1.29 is 23.4 Å². The number of phenols is 2. The molecule has 0 unspecified atom stereocenters. The van der Waals surface area contributed by atoms with E-state index in [2.05, 4.69) is 26.5 Å². The quantitative estimate of drug-likeness (QED) is 0.409. The third-order valence-electron chi connectivity index (χ3n) is 4.56. The predicted molar refractivity (Wildman–Crippen MR) is 115 cm³/mol. The fraction of sp³-hybridized carbons (Fsp3) is 0.263. The minimum Gasteiger partial charge on any atom is -0.508 e. The van der Waals surface area contributed by atoms with E-state index >= 15 is 0 Å². The van der Waals surface area contributed by atoms with Gasteiger partial charge in [-0.15, -0.1) is 0 Å². The molecule has 1 fully saturated rings. The van der Waals surface area contributed by atoms with Crippen LogP contribution in [0.3, 0.4) is 0 Å². The van der Waals surface area contributed by atoms with Gasteiger partial charge in [0.05, 0.1) is 17.7 Å². The molecule has 2 aromatic carbocycles. The second-order valence-corrected chi connectivity index (χ2v) is 9.52. The van der Waals surface area contributed by atoms with Crippen LogP contribution in [0.4, 0.5) is 0 Å². The monoisotopic (exact) mass is 496 g/mol. The van der Waals surface area contributed by atoms with Gasteiger partial charge in [0.1, 0.15) is 11.5 Å². The van der Waals surface area contributed by atoms with Crippen LogP contribution in [0.1, 0.15) is 5.56 Å². The van der Waals surface area contributed by atoms with Gasteiger partial charge in [-0.2, -0.15) is 9.41 Å². The number of amides is 1. The van der Waals surface area contributed by atoms with Crippen LogP contribution in [0.2, 0.25) is 0 Å². The number of benzene rings is 2. The Hall–Kier alpha value is -2.47. The first-order valence-electron chi connectivity index (χ1n) is 9.07. The molecule has 160 valence electrons. The minimum absolute atomic E-state index is 0.0741. The number of carbonyl (C=O) groups is 1. The van der Waals surface area contributed by atoms with E-state index in [1.54, 1.807) is 24.3 Å². The van der Waals surface area contributed by atoms with Crippen molar-refractivity contribution in [3.63, 3.8) is 0 Å². The first-order valence-corrected chi connectivity index (χ1v) is 11.3. The molecule has 1 saturated heterocycles. The molecule has 1 heterocycles. The van der Waals surface area contributed by atoms with Gasteiger partial charge in [0.15, 0.2) is 0 Å². The molecule has 0 spiro atoms. The summed E-state index contributed by atoms with van der Waals surface area (Å²) in [6, 6.07) is 10.5. The Bertz CT molecular complexity index is 1040. The van der Waals surface area contributed by atoms with Gasteiger partial charge in [-0.3, -0.25) is 9.69 Å². The van der Waals surface area contributed by atoms with E-state index in [1.165, 1.54) is 28.7 Å². The minimum atomic E-state index is -3.56. The van der Waals surface area contributed by atoms with Crippen molar-refractivity contribution in [3.8, 4) is 11.5 Å². The Morgan fingerprint density at radius 2 is 1.77 bits per heavy atom. The van der Waals surface area contributed by atoms with Gasteiger partial charge in [-0.25, -0.2) is 13.8 Å². The molecule has 1 aliphatic rings. The van der Waals surface area contributed by atoms with E-state index in [4.69, 9.17) is 0 Å². The molecule has 2 aromatic rings. The average molecular weight is 497 g/mol. The summed E-state index contributed by atoms with van der Waals surface area (Å²) in [5.74, 6) is -0.584. The number of sulfonamides is 1. The van der Waals surface area contributed by atoms with Crippen LogP contribution < -0.4 is 5.43 Å². The van der Waals surface area contributed by atoms with Gasteiger partial charge in [-0.1, -0.05) is 15.9 Å². The molecular formula is C19H21BrN4O5S. The summed E-state index contributed by atoms with van der Waals surface area (Å²) < 4.78 is 27.6. The van der Waals surface area contributed by atoms with E-state index in [0.717, 1.165) is 4.47 Å². The highest BCUT2D eigenvalue weighted by Crippen LogP contribution is 2.21. The number of hydrogen-bond donors (Lipinski definition) is 3. The zero-order valence-corrected chi connectivity index (χ0v) is 18.3. The first kappa shape index (κ1) is 22.2. The molecule has 0 atom stereocenters. The van der Waals surface area contributed by atoms with Crippen LogP contribution in [-0.4, -0.2) is 72.7 Å². The van der Waals surface area contributed by atoms with Gasteiger partial charge in [0, 0.05) is 42.3 Å². The van der Waals surface area contributed by atoms with Crippen LogP contribution >= 0.6 is 15.9 Å². The lowest BCUT2D eigenvalue weighted by atomic mass is 10.2. The highest BCUT2D eigenvalue weighted by atomic mass is 79.9.